The predicted molar refractivity (Wildman–Crippen MR) is 26.3 cm³/mol. The fourth-order valence-electron chi connectivity index (χ4n) is 0.253. The van der Waals surface area contributed by atoms with Gasteiger partial charge in [0.1, 0.15) is 10.1 Å². The zero-order valence-corrected chi connectivity index (χ0v) is 8.73. The van der Waals surface area contributed by atoms with Crippen LogP contribution in [-0.2, 0) is 10.1 Å². The summed E-state index contributed by atoms with van der Waals surface area (Å²) in [6.07, 6.45) is 0. The first kappa shape index (κ1) is 14.3. The van der Waals surface area contributed by atoms with Gasteiger partial charge in [0.25, 0.3) is 5.92 Å². The van der Waals surface area contributed by atoms with Crippen molar-refractivity contribution in [1.29, 1.82) is 0 Å². The van der Waals surface area contributed by atoms with Gasteiger partial charge in [-0.25, -0.2) is 17.2 Å². The number of rotatable bonds is 2. The first-order valence-corrected chi connectivity index (χ1v) is 3.63. The Labute approximate surface area is 84.6 Å². The van der Waals surface area contributed by atoms with Crippen molar-refractivity contribution < 1.29 is 56.4 Å². The molecule has 0 bridgehead atoms. The van der Waals surface area contributed by atoms with E-state index in [1.54, 1.807) is 0 Å². The monoisotopic (exact) mass is 198 g/mol. The van der Waals surface area contributed by atoms with Gasteiger partial charge in [-0.3, -0.25) is 0 Å². The quantitative estimate of drug-likeness (QED) is 0.369. The maximum absolute atomic E-state index is 11.8. The molecule has 0 aromatic heterocycles. The first-order valence-electron chi connectivity index (χ1n) is 2.16. The molecule has 0 aromatic rings. The van der Waals surface area contributed by atoms with Crippen molar-refractivity contribution in [2.75, 3.05) is 0 Å². The van der Waals surface area contributed by atoms with Gasteiger partial charge in [0, 0.05) is 6.92 Å². The van der Waals surface area contributed by atoms with Gasteiger partial charge in [-0.1, -0.05) is 0 Å². The van der Waals surface area contributed by atoms with Crippen LogP contribution in [0, 0.1) is 0 Å². The molecule has 0 amide bonds. The van der Waals surface area contributed by atoms with E-state index in [4.69, 9.17) is 5.11 Å². The van der Waals surface area contributed by atoms with E-state index in [-0.39, 0.29) is 36.5 Å². The number of aliphatic hydroxyl groups excluding tert-OH is 1. The van der Waals surface area contributed by atoms with Crippen LogP contribution >= 0.6 is 0 Å². The zero-order valence-electron chi connectivity index (χ0n) is 5.91. The summed E-state index contributed by atoms with van der Waals surface area (Å²) < 4.78 is 52.6. The summed E-state index contributed by atoms with van der Waals surface area (Å²) in [5.41, 5.74) is -3.15. The van der Waals surface area contributed by atoms with Crippen LogP contribution in [0.2, 0.25) is 0 Å². The number of alkyl halides is 2. The molecular weight excluding hydrogens is 193 g/mol. The van der Waals surface area contributed by atoms with Crippen LogP contribution in [0.25, 0.3) is 0 Å². The van der Waals surface area contributed by atoms with E-state index in [1.165, 1.54) is 0 Å². The minimum Gasteiger partial charge on any atom is -0.746 e. The Kier molecular flexibility index (Phi) is 5.32. The van der Waals surface area contributed by atoms with Crippen molar-refractivity contribution in [3.05, 3.63) is 0 Å². The minimum atomic E-state index is -5.30. The number of halogens is 2. The molecule has 0 aliphatic rings. The normalized spacial score (nSPS) is 15.4. The van der Waals surface area contributed by atoms with Gasteiger partial charge in [-0.15, -0.1) is 0 Å². The summed E-state index contributed by atoms with van der Waals surface area (Å²) in [5.74, 6) is -3.90. The van der Waals surface area contributed by atoms with Crippen LogP contribution in [0.4, 0.5) is 8.78 Å². The van der Waals surface area contributed by atoms with Gasteiger partial charge < -0.3 is 9.66 Å². The summed E-state index contributed by atoms with van der Waals surface area (Å²) in [4.78, 5) is 0. The smallest absolute Gasteiger partial charge is 0.746 e. The SMILES string of the molecule is CC(F)(F)C(O)S(=O)(=O)[O-].[Na+]. The van der Waals surface area contributed by atoms with Crippen molar-refractivity contribution in [2.24, 2.45) is 0 Å². The second-order valence-corrected chi connectivity index (χ2v) is 3.23. The molecule has 62 valence electrons. The molecule has 0 rings (SSSR count). The van der Waals surface area contributed by atoms with E-state index in [9.17, 15) is 21.8 Å². The molecular formula is C3H5F2NaO4S. The molecule has 11 heavy (non-hydrogen) atoms. The van der Waals surface area contributed by atoms with Crippen LogP contribution < -0.4 is 29.6 Å². The van der Waals surface area contributed by atoms with E-state index >= 15 is 0 Å². The Balaban J connectivity index is 0. The van der Waals surface area contributed by atoms with Crippen molar-refractivity contribution in [2.45, 2.75) is 18.3 Å². The number of hydrogen-bond acceptors (Lipinski definition) is 4. The van der Waals surface area contributed by atoms with E-state index in [0.29, 0.717) is 0 Å². The third-order valence-electron chi connectivity index (χ3n) is 0.707. The molecule has 0 radical (unpaired) electrons. The van der Waals surface area contributed by atoms with Gasteiger partial charge in [0.2, 0.25) is 5.44 Å². The van der Waals surface area contributed by atoms with Crippen LogP contribution in [0.5, 0.6) is 0 Å². The van der Waals surface area contributed by atoms with Gasteiger partial charge in [-0.2, -0.15) is 0 Å². The van der Waals surface area contributed by atoms with E-state index in [1.807, 2.05) is 0 Å². The molecule has 0 heterocycles. The Bertz CT molecular complexity index is 208. The maximum Gasteiger partial charge on any atom is 1.00 e. The van der Waals surface area contributed by atoms with Crippen molar-refractivity contribution >= 4 is 10.1 Å². The topological polar surface area (TPSA) is 77.4 Å². The predicted octanol–water partition coefficient (Wildman–Crippen LogP) is -3.49. The van der Waals surface area contributed by atoms with E-state index < -0.39 is 21.5 Å². The average molecular weight is 198 g/mol. The largest absolute Gasteiger partial charge is 1.00 e. The molecule has 0 saturated carbocycles. The van der Waals surface area contributed by atoms with E-state index in [0.717, 1.165) is 0 Å². The molecule has 0 aliphatic heterocycles. The fraction of sp³-hybridized carbons (Fsp3) is 1.00. The van der Waals surface area contributed by atoms with Gasteiger partial charge >= 0.3 is 29.6 Å². The molecule has 0 aromatic carbocycles. The Morgan fingerprint density at radius 1 is 1.55 bits per heavy atom. The summed E-state index contributed by atoms with van der Waals surface area (Å²) in [6.45, 7) is 0.146. The molecule has 1 N–H and O–H groups in total. The van der Waals surface area contributed by atoms with Crippen molar-refractivity contribution in [3.8, 4) is 0 Å². The molecule has 1 unspecified atom stereocenters. The standard InChI is InChI=1S/C3H6F2O4S.Na/c1-3(4,5)2(6)10(7,8)9;/h2,6H,1H3,(H,7,8,9);/q;+1/p-1. The summed E-state index contributed by atoms with van der Waals surface area (Å²) in [7, 11) is -5.30. The van der Waals surface area contributed by atoms with Crippen molar-refractivity contribution in [3.63, 3.8) is 0 Å². The summed E-state index contributed by atoms with van der Waals surface area (Å²) in [6, 6.07) is 0. The molecule has 4 nitrogen and oxygen atoms in total. The zero-order chi connectivity index (χ0) is 8.58. The van der Waals surface area contributed by atoms with Crippen LogP contribution in [0.15, 0.2) is 0 Å². The van der Waals surface area contributed by atoms with Crippen LogP contribution in [0.3, 0.4) is 0 Å². The maximum atomic E-state index is 11.8. The average Bonchev–Trinajstić information content (AvgIpc) is 1.59. The Morgan fingerprint density at radius 3 is 1.82 bits per heavy atom. The fourth-order valence-corrected chi connectivity index (χ4v) is 0.760. The number of hydrogen-bond donors (Lipinski definition) is 1. The molecule has 0 saturated heterocycles. The van der Waals surface area contributed by atoms with Crippen LogP contribution in [0.1, 0.15) is 6.92 Å². The molecule has 0 fully saturated rings. The Hall–Kier alpha value is 0.730. The van der Waals surface area contributed by atoms with Gasteiger partial charge in [-0.05, 0) is 0 Å². The molecule has 1 atom stereocenters. The van der Waals surface area contributed by atoms with E-state index in [2.05, 4.69) is 0 Å². The molecule has 0 aliphatic carbocycles. The molecule has 0 spiro atoms. The van der Waals surface area contributed by atoms with Crippen molar-refractivity contribution in [1.82, 2.24) is 0 Å². The summed E-state index contributed by atoms with van der Waals surface area (Å²) in [5, 5.41) is 8.07. The first-order chi connectivity index (χ1) is 4.15. The summed E-state index contributed by atoms with van der Waals surface area (Å²) >= 11 is 0. The minimum absolute atomic E-state index is 0. The third kappa shape index (κ3) is 5.05. The van der Waals surface area contributed by atoms with Gasteiger partial charge in [0.05, 0.1) is 0 Å². The molecule has 8 heteroatoms. The second kappa shape index (κ2) is 4.11. The third-order valence-corrected chi connectivity index (χ3v) is 1.67. The second-order valence-electron chi connectivity index (χ2n) is 1.80. The van der Waals surface area contributed by atoms with Crippen LogP contribution in [-0.4, -0.2) is 29.4 Å². The number of aliphatic hydroxyl groups is 1. The Morgan fingerprint density at radius 2 is 1.82 bits per heavy atom. The van der Waals surface area contributed by atoms with Gasteiger partial charge in [0.15, 0.2) is 0 Å².